The Bertz CT molecular complexity index is 417. The van der Waals surface area contributed by atoms with Crippen molar-refractivity contribution in [1.29, 1.82) is 0 Å². The molecular formula is C26H50O4. The van der Waals surface area contributed by atoms with Crippen LogP contribution in [0.4, 0.5) is 0 Å². The molecule has 1 atom stereocenters. The Morgan fingerprint density at radius 2 is 0.933 bits per heavy atom. The predicted molar refractivity (Wildman–Crippen MR) is 125 cm³/mol. The van der Waals surface area contributed by atoms with Crippen LogP contribution in [-0.4, -0.2) is 25.2 Å². The molecule has 4 heteroatoms. The number of ether oxygens (including phenoxy) is 2. The minimum absolute atomic E-state index is 0.0379. The van der Waals surface area contributed by atoms with Crippen LogP contribution in [0, 0.1) is 17.8 Å². The molecule has 0 aliphatic carbocycles. The van der Waals surface area contributed by atoms with E-state index in [4.69, 9.17) is 9.47 Å². The molecule has 0 bridgehead atoms. The Labute approximate surface area is 186 Å². The molecule has 178 valence electrons. The van der Waals surface area contributed by atoms with Gasteiger partial charge < -0.3 is 9.47 Å². The van der Waals surface area contributed by atoms with Crippen LogP contribution in [0.1, 0.15) is 125 Å². The Morgan fingerprint density at radius 1 is 0.533 bits per heavy atom. The molecule has 0 amide bonds. The van der Waals surface area contributed by atoms with Gasteiger partial charge in [-0.2, -0.15) is 0 Å². The Kier molecular flexibility index (Phi) is 19.2. The molecule has 0 N–H and O–H groups in total. The molecule has 0 aromatic carbocycles. The second kappa shape index (κ2) is 19.9. The van der Waals surface area contributed by atoms with Crippen molar-refractivity contribution >= 4 is 11.9 Å². The van der Waals surface area contributed by atoms with Crippen LogP contribution < -0.4 is 0 Å². The maximum absolute atomic E-state index is 11.6. The number of hydrogen-bond donors (Lipinski definition) is 0. The van der Waals surface area contributed by atoms with Crippen LogP contribution in [-0.2, 0) is 19.1 Å². The Hall–Kier alpha value is -1.06. The lowest BCUT2D eigenvalue weighted by molar-refractivity contribution is -0.145. The summed E-state index contributed by atoms with van der Waals surface area (Å²) >= 11 is 0. The lowest BCUT2D eigenvalue weighted by atomic mass is 9.97. The summed E-state index contributed by atoms with van der Waals surface area (Å²) in [6.07, 6.45) is 15.8. The first-order chi connectivity index (χ1) is 14.3. The van der Waals surface area contributed by atoms with Gasteiger partial charge in [-0.3, -0.25) is 9.59 Å². The summed E-state index contributed by atoms with van der Waals surface area (Å²) in [5.41, 5.74) is 0. The zero-order valence-corrected chi connectivity index (χ0v) is 20.7. The van der Waals surface area contributed by atoms with E-state index < -0.39 is 0 Å². The minimum atomic E-state index is -0.0402. The summed E-state index contributed by atoms with van der Waals surface area (Å²) < 4.78 is 10.4. The smallest absolute Gasteiger partial charge is 0.305 e. The van der Waals surface area contributed by atoms with Gasteiger partial charge in [0.05, 0.1) is 13.2 Å². The van der Waals surface area contributed by atoms with Gasteiger partial charge in [0.2, 0.25) is 0 Å². The summed E-state index contributed by atoms with van der Waals surface area (Å²) in [4.78, 5) is 23.2. The van der Waals surface area contributed by atoms with Crippen molar-refractivity contribution in [3.63, 3.8) is 0 Å². The molecule has 30 heavy (non-hydrogen) atoms. The van der Waals surface area contributed by atoms with E-state index in [0.717, 1.165) is 19.3 Å². The van der Waals surface area contributed by atoms with E-state index in [9.17, 15) is 9.59 Å². The number of rotatable bonds is 20. The van der Waals surface area contributed by atoms with Crippen molar-refractivity contribution in [1.82, 2.24) is 0 Å². The SMILES string of the molecule is CC(C)COC(=O)CCCCCCCCCCCCC(C)CCC(=O)OCC(C)C. The fraction of sp³-hybridized carbons (Fsp3) is 0.923. The number of hydrogen-bond acceptors (Lipinski definition) is 4. The third-order valence-corrected chi connectivity index (χ3v) is 5.32. The minimum Gasteiger partial charge on any atom is -0.465 e. The van der Waals surface area contributed by atoms with E-state index in [1.54, 1.807) is 0 Å². The number of carbonyl (C=O) groups is 2. The van der Waals surface area contributed by atoms with E-state index in [2.05, 4.69) is 34.6 Å². The number of unbranched alkanes of at least 4 members (excludes halogenated alkanes) is 9. The third kappa shape index (κ3) is 21.6. The van der Waals surface area contributed by atoms with Crippen molar-refractivity contribution in [3.05, 3.63) is 0 Å². The van der Waals surface area contributed by atoms with Gasteiger partial charge in [0, 0.05) is 12.8 Å². The normalized spacial score (nSPS) is 12.4. The van der Waals surface area contributed by atoms with Crippen LogP contribution in [0.2, 0.25) is 0 Å². The lowest BCUT2D eigenvalue weighted by Crippen LogP contribution is -2.11. The molecule has 0 aromatic heterocycles. The zero-order chi connectivity index (χ0) is 22.6. The molecule has 0 heterocycles. The van der Waals surface area contributed by atoms with Gasteiger partial charge in [0.15, 0.2) is 0 Å². The molecule has 4 nitrogen and oxygen atoms in total. The van der Waals surface area contributed by atoms with Crippen LogP contribution >= 0.6 is 0 Å². The average molecular weight is 427 g/mol. The highest BCUT2D eigenvalue weighted by molar-refractivity contribution is 5.69. The van der Waals surface area contributed by atoms with Gasteiger partial charge in [-0.25, -0.2) is 0 Å². The predicted octanol–water partition coefficient (Wildman–Crippen LogP) is 7.48. The molecule has 0 aliphatic heterocycles. The molecule has 1 unspecified atom stereocenters. The Balaban J connectivity index is 3.32. The molecule has 0 saturated heterocycles. The van der Waals surface area contributed by atoms with Crippen LogP contribution in [0.3, 0.4) is 0 Å². The molecule has 0 rings (SSSR count). The van der Waals surface area contributed by atoms with E-state index in [1.807, 2.05) is 0 Å². The fourth-order valence-corrected chi connectivity index (χ4v) is 3.35. The number of esters is 2. The molecule has 0 spiro atoms. The topological polar surface area (TPSA) is 52.6 Å². The highest BCUT2D eigenvalue weighted by atomic mass is 16.5. The first-order valence-corrected chi connectivity index (χ1v) is 12.6. The standard InChI is InChI=1S/C26H50O4/c1-22(2)20-29-25(27)17-15-13-11-9-7-6-8-10-12-14-16-24(5)18-19-26(28)30-21-23(3)4/h22-24H,6-21H2,1-5H3. The first kappa shape index (κ1) is 28.9. The van der Waals surface area contributed by atoms with Crippen molar-refractivity contribution in [2.75, 3.05) is 13.2 Å². The average Bonchev–Trinajstić information content (AvgIpc) is 2.69. The summed E-state index contributed by atoms with van der Waals surface area (Å²) in [6.45, 7) is 11.6. The van der Waals surface area contributed by atoms with E-state index in [1.165, 1.54) is 57.8 Å². The first-order valence-electron chi connectivity index (χ1n) is 12.6. The molecule has 0 aromatic rings. The van der Waals surface area contributed by atoms with Crippen molar-refractivity contribution in [3.8, 4) is 0 Å². The van der Waals surface area contributed by atoms with Gasteiger partial charge in [-0.05, 0) is 30.6 Å². The van der Waals surface area contributed by atoms with Gasteiger partial charge >= 0.3 is 11.9 Å². The van der Waals surface area contributed by atoms with Gasteiger partial charge in [-0.1, -0.05) is 98.8 Å². The quantitative estimate of drug-likeness (QED) is 0.149. The van der Waals surface area contributed by atoms with Crippen molar-refractivity contribution in [2.24, 2.45) is 17.8 Å². The van der Waals surface area contributed by atoms with Crippen LogP contribution in [0.5, 0.6) is 0 Å². The molecule has 0 saturated carbocycles. The molecule has 0 aliphatic rings. The van der Waals surface area contributed by atoms with Gasteiger partial charge in [0.1, 0.15) is 0 Å². The summed E-state index contributed by atoms with van der Waals surface area (Å²) in [7, 11) is 0. The highest BCUT2D eigenvalue weighted by Crippen LogP contribution is 2.17. The van der Waals surface area contributed by atoms with E-state index in [-0.39, 0.29) is 11.9 Å². The maximum atomic E-state index is 11.6. The maximum Gasteiger partial charge on any atom is 0.305 e. The fourth-order valence-electron chi connectivity index (χ4n) is 3.35. The molecule has 0 fully saturated rings. The van der Waals surface area contributed by atoms with E-state index >= 15 is 0 Å². The summed E-state index contributed by atoms with van der Waals surface area (Å²) in [6, 6.07) is 0. The Morgan fingerprint density at radius 3 is 1.40 bits per heavy atom. The third-order valence-electron chi connectivity index (χ3n) is 5.32. The van der Waals surface area contributed by atoms with Crippen molar-refractivity contribution < 1.29 is 19.1 Å². The van der Waals surface area contributed by atoms with Crippen LogP contribution in [0.25, 0.3) is 0 Å². The molecular weight excluding hydrogens is 376 g/mol. The number of carbonyl (C=O) groups excluding carboxylic acids is 2. The lowest BCUT2D eigenvalue weighted by Gasteiger charge is -2.11. The van der Waals surface area contributed by atoms with Crippen molar-refractivity contribution in [2.45, 2.75) is 125 Å². The monoisotopic (exact) mass is 426 g/mol. The van der Waals surface area contributed by atoms with E-state index in [0.29, 0.717) is 43.8 Å². The molecule has 0 radical (unpaired) electrons. The van der Waals surface area contributed by atoms with Gasteiger partial charge in [0.25, 0.3) is 0 Å². The summed E-state index contributed by atoms with van der Waals surface area (Å²) in [5, 5.41) is 0. The second-order valence-corrected chi connectivity index (χ2v) is 9.87. The zero-order valence-electron chi connectivity index (χ0n) is 20.7. The highest BCUT2D eigenvalue weighted by Gasteiger charge is 2.08. The summed E-state index contributed by atoms with van der Waals surface area (Å²) in [5.74, 6) is 1.36. The largest absolute Gasteiger partial charge is 0.465 e. The van der Waals surface area contributed by atoms with Crippen LogP contribution in [0.15, 0.2) is 0 Å². The second-order valence-electron chi connectivity index (χ2n) is 9.87. The van der Waals surface area contributed by atoms with Gasteiger partial charge in [-0.15, -0.1) is 0 Å².